The molecule has 0 saturated carbocycles. The summed E-state index contributed by atoms with van der Waals surface area (Å²) < 4.78 is 2.11. The number of hydrogen-bond acceptors (Lipinski definition) is 3. The molecule has 108 valence electrons. The summed E-state index contributed by atoms with van der Waals surface area (Å²) >= 11 is 1.77. The summed E-state index contributed by atoms with van der Waals surface area (Å²) in [6.45, 7) is 5.26. The van der Waals surface area contributed by atoms with Crippen molar-refractivity contribution >= 4 is 11.8 Å². The quantitative estimate of drug-likeness (QED) is 0.792. The van der Waals surface area contributed by atoms with Gasteiger partial charge in [-0.05, 0) is 17.9 Å². The Morgan fingerprint density at radius 3 is 2.65 bits per heavy atom. The average Bonchev–Trinajstić information content (AvgIpc) is 2.82. The molecule has 0 amide bonds. The van der Waals surface area contributed by atoms with E-state index in [1.165, 1.54) is 12.0 Å². The minimum absolute atomic E-state index is 0.0323. The van der Waals surface area contributed by atoms with E-state index >= 15 is 0 Å². The minimum Gasteiger partial charge on any atom is -0.390 e. The highest BCUT2D eigenvalue weighted by atomic mass is 32.2. The third-order valence-corrected chi connectivity index (χ3v) is 4.20. The van der Waals surface area contributed by atoms with Crippen LogP contribution in [0.25, 0.3) is 0 Å². The van der Waals surface area contributed by atoms with E-state index < -0.39 is 0 Å². The van der Waals surface area contributed by atoms with E-state index in [1.807, 2.05) is 18.2 Å². The number of aliphatic hydroxyl groups is 1. The molecule has 1 aromatic carbocycles. The fourth-order valence-electron chi connectivity index (χ4n) is 1.95. The van der Waals surface area contributed by atoms with Crippen LogP contribution in [0.2, 0.25) is 0 Å². The minimum atomic E-state index is 0.0323. The molecule has 0 saturated heterocycles. The van der Waals surface area contributed by atoms with Crippen LogP contribution in [-0.4, -0.2) is 20.4 Å². The maximum absolute atomic E-state index is 9.45. The number of aliphatic hydroxyl groups excluding tert-OH is 1. The van der Waals surface area contributed by atoms with Crippen molar-refractivity contribution < 1.29 is 5.11 Å². The van der Waals surface area contributed by atoms with Crippen molar-refractivity contribution in [1.29, 1.82) is 0 Å². The predicted octanol–water partition coefficient (Wildman–Crippen LogP) is 3.56. The maximum atomic E-state index is 9.45. The Labute approximate surface area is 125 Å². The second-order valence-electron chi connectivity index (χ2n) is 5.29. The van der Waals surface area contributed by atoms with Crippen molar-refractivity contribution in [1.82, 2.24) is 9.55 Å². The van der Waals surface area contributed by atoms with Crippen LogP contribution in [0, 0.1) is 5.92 Å². The highest BCUT2D eigenvalue weighted by Gasteiger charge is 2.10. The van der Waals surface area contributed by atoms with Gasteiger partial charge in [-0.15, -0.1) is 0 Å². The van der Waals surface area contributed by atoms with Gasteiger partial charge in [0.25, 0.3) is 0 Å². The van der Waals surface area contributed by atoms with E-state index in [9.17, 15) is 5.11 Å². The molecule has 3 nitrogen and oxygen atoms in total. The van der Waals surface area contributed by atoms with Crippen LogP contribution in [0.4, 0.5) is 0 Å². The topological polar surface area (TPSA) is 38.1 Å². The van der Waals surface area contributed by atoms with Gasteiger partial charge in [-0.1, -0.05) is 55.9 Å². The molecule has 4 heteroatoms. The number of hydrogen-bond donors (Lipinski definition) is 1. The van der Waals surface area contributed by atoms with Crippen LogP contribution in [0.3, 0.4) is 0 Å². The van der Waals surface area contributed by atoms with Gasteiger partial charge >= 0.3 is 0 Å². The Bertz CT molecular complexity index is 523. The van der Waals surface area contributed by atoms with E-state index in [1.54, 1.807) is 18.0 Å². The number of rotatable bonds is 7. The lowest BCUT2D eigenvalue weighted by atomic mass is 10.2. The third kappa shape index (κ3) is 4.12. The highest BCUT2D eigenvalue weighted by molar-refractivity contribution is 7.99. The Hall–Kier alpha value is -1.26. The molecule has 0 spiro atoms. The van der Waals surface area contributed by atoms with Gasteiger partial charge in [0.05, 0.1) is 18.5 Å². The first-order valence-corrected chi connectivity index (χ1v) is 8.01. The van der Waals surface area contributed by atoms with Gasteiger partial charge in [-0.25, -0.2) is 4.98 Å². The molecule has 1 aromatic heterocycles. The van der Waals surface area contributed by atoms with E-state index in [2.05, 4.69) is 35.5 Å². The normalized spacial score (nSPS) is 11.2. The molecule has 0 aliphatic heterocycles. The fraction of sp³-hybridized carbons (Fsp3) is 0.438. The number of nitrogens with zero attached hydrogens (tertiary/aromatic N) is 2. The molecule has 2 rings (SSSR count). The lowest BCUT2D eigenvalue weighted by Gasteiger charge is -2.11. The molecule has 0 fully saturated rings. The molecule has 0 radical (unpaired) electrons. The van der Waals surface area contributed by atoms with Crippen molar-refractivity contribution in [2.45, 2.75) is 38.6 Å². The van der Waals surface area contributed by atoms with Crippen LogP contribution >= 0.6 is 11.8 Å². The lowest BCUT2D eigenvalue weighted by Crippen LogP contribution is -2.06. The first-order chi connectivity index (χ1) is 9.70. The van der Waals surface area contributed by atoms with Crippen molar-refractivity contribution in [3.63, 3.8) is 0 Å². The molecule has 1 N–H and O–H groups in total. The van der Waals surface area contributed by atoms with E-state index in [4.69, 9.17) is 0 Å². The maximum Gasteiger partial charge on any atom is 0.168 e. The lowest BCUT2D eigenvalue weighted by molar-refractivity contribution is 0.270. The van der Waals surface area contributed by atoms with Gasteiger partial charge in [-0.2, -0.15) is 0 Å². The number of thioether (sulfide) groups is 1. The molecule has 0 aliphatic rings. The van der Waals surface area contributed by atoms with Gasteiger partial charge in [-0.3, -0.25) is 0 Å². The largest absolute Gasteiger partial charge is 0.390 e. The third-order valence-electron chi connectivity index (χ3n) is 3.17. The molecular weight excluding hydrogens is 268 g/mol. The SMILES string of the molecule is CC(C)CCSc1ncc(CO)n1Cc1ccccc1. The van der Waals surface area contributed by atoms with Crippen molar-refractivity contribution in [2.75, 3.05) is 5.75 Å². The van der Waals surface area contributed by atoms with Gasteiger partial charge in [0.1, 0.15) is 0 Å². The van der Waals surface area contributed by atoms with Gasteiger partial charge in [0.15, 0.2) is 5.16 Å². The van der Waals surface area contributed by atoms with Gasteiger partial charge in [0.2, 0.25) is 0 Å². The molecule has 0 bridgehead atoms. The molecule has 0 unspecified atom stereocenters. The summed E-state index contributed by atoms with van der Waals surface area (Å²) in [6.07, 6.45) is 2.96. The number of aromatic nitrogens is 2. The molecule has 1 heterocycles. The smallest absolute Gasteiger partial charge is 0.168 e. The van der Waals surface area contributed by atoms with Crippen LogP contribution in [-0.2, 0) is 13.2 Å². The first-order valence-electron chi connectivity index (χ1n) is 7.02. The second kappa shape index (κ2) is 7.50. The van der Waals surface area contributed by atoms with Crippen LogP contribution in [0.15, 0.2) is 41.7 Å². The highest BCUT2D eigenvalue weighted by Crippen LogP contribution is 2.22. The summed E-state index contributed by atoms with van der Waals surface area (Å²) in [6, 6.07) is 10.3. The molecule has 20 heavy (non-hydrogen) atoms. The van der Waals surface area contributed by atoms with E-state index in [0.717, 1.165) is 23.1 Å². The summed E-state index contributed by atoms with van der Waals surface area (Å²) in [5, 5.41) is 10.5. The van der Waals surface area contributed by atoms with Crippen molar-refractivity contribution in [2.24, 2.45) is 5.92 Å². The Morgan fingerprint density at radius 1 is 1.25 bits per heavy atom. The van der Waals surface area contributed by atoms with Crippen LogP contribution < -0.4 is 0 Å². The summed E-state index contributed by atoms with van der Waals surface area (Å²) in [7, 11) is 0. The zero-order valence-corrected chi connectivity index (χ0v) is 12.9. The Balaban J connectivity index is 2.10. The van der Waals surface area contributed by atoms with Gasteiger partial charge < -0.3 is 9.67 Å². The zero-order chi connectivity index (χ0) is 14.4. The first kappa shape index (κ1) is 15.1. The van der Waals surface area contributed by atoms with E-state index in [-0.39, 0.29) is 6.61 Å². The number of benzene rings is 1. The van der Waals surface area contributed by atoms with Crippen LogP contribution in [0.5, 0.6) is 0 Å². The standard InChI is InChI=1S/C16H22N2OS/c1-13(2)8-9-20-16-17-10-15(12-19)18(16)11-14-6-4-3-5-7-14/h3-7,10,13,19H,8-9,11-12H2,1-2H3. The average molecular weight is 290 g/mol. The summed E-state index contributed by atoms with van der Waals surface area (Å²) in [5.74, 6) is 1.77. The Morgan fingerprint density at radius 2 is 2.00 bits per heavy atom. The second-order valence-corrected chi connectivity index (χ2v) is 6.36. The monoisotopic (exact) mass is 290 g/mol. The van der Waals surface area contributed by atoms with Crippen molar-refractivity contribution in [3.05, 3.63) is 47.8 Å². The molecular formula is C16H22N2OS. The fourth-order valence-corrected chi connectivity index (χ4v) is 3.19. The van der Waals surface area contributed by atoms with Crippen LogP contribution in [0.1, 0.15) is 31.5 Å². The predicted molar refractivity (Wildman–Crippen MR) is 83.9 cm³/mol. The Kier molecular flexibility index (Phi) is 5.68. The molecule has 0 atom stereocenters. The van der Waals surface area contributed by atoms with E-state index in [0.29, 0.717) is 5.92 Å². The summed E-state index contributed by atoms with van der Waals surface area (Å²) in [5.41, 5.74) is 2.10. The zero-order valence-electron chi connectivity index (χ0n) is 12.1. The van der Waals surface area contributed by atoms with Gasteiger partial charge in [0, 0.05) is 12.3 Å². The summed E-state index contributed by atoms with van der Waals surface area (Å²) in [4.78, 5) is 4.45. The molecule has 0 aliphatic carbocycles. The molecule has 2 aromatic rings. The number of imidazole rings is 1. The van der Waals surface area contributed by atoms with Crippen molar-refractivity contribution in [3.8, 4) is 0 Å².